The van der Waals surface area contributed by atoms with E-state index in [4.69, 9.17) is 11.6 Å². The predicted octanol–water partition coefficient (Wildman–Crippen LogP) is 6.55. The highest BCUT2D eigenvalue weighted by molar-refractivity contribution is 6.31. The largest absolute Gasteiger partial charge is 0.323 e. The molecule has 1 aliphatic rings. The minimum absolute atomic E-state index is 0.221. The lowest BCUT2D eigenvalue weighted by Crippen LogP contribution is -2.38. The first-order chi connectivity index (χ1) is 15.5. The van der Waals surface area contributed by atoms with Crippen molar-refractivity contribution in [2.45, 2.75) is 12.6 Å². The van der Waals surface area contributed by atoms with E-state index in [1.54, 1.807) is 11.0 Å². The highest BCUT2D eigenvalue weighted by Gasteiger charge is 2.34. The molecule has 5 rings (SSSR count). The molecule has 1 aliphatic heterocycles. The summed E-state index contributed by atoms with van der Waals surface area (Å²) in [6.07, 6.45) is 1.94. The molecule has 0 saturated heterocycles. The van der Waals surface area contributed by atoms with E-state index in [0.29, 0.717) is 5.02 Å². The zero-order valence-electron chi connectivity index (χ0n) is 16.8. The number of benzene rings is 3. The molecule has 0 fully saturated rings. The number of rotatable bonds is 2. The van der Waals surface area contributed by atoms with Crippen molar-refractivity contribution in [3.05, 3.63) is 119 Å². The predicted molar refractivity (Wildman–Crippen MR) is 120 cm³/mol. The third-order valence-corrected chi connectivity index (χ3v) is 5.94. The standard InChI is InChI=1S/C25H18ClF2N3O/c26-19-8-3-2-7-18(19)24-23-10-5-13-30(23)22-9-4-1-6-16(22)15-31(24)25(32)29-21-14-17(27)11-12-20(21)28/h1-14,24H,15H2,(H,29,32). The van der Waals surface area contributed by atoms with Gasteiger partial charge in [0.1, 0.15) is 17.7 Å². The summed E-state index contributed by atoms with van der Waals surface area (Å²) in [4.78, 5) is 15.1. The summed E-state index contributed by atoms with van der Waals surface area (Å²) in [6.45, 7) is 0.247. The summed E-state index contributed by atoms with van der Waals surface area (Å²) >= 11 is 6.55. The van der Waals surface area contributed by atoms with Gasteiger partial charge in [0, 0.05) is 17.3 Å². The van der Waals surface area contributed by atoms with Gasteiger partial charge >= 0.3 is 6.03 Å². The van der Waals surface area contributed by atoms with Gasteiger partial charge in [0.15, 0.2) is 0 Å². The monoisotopic (exact) mass is 449 g/mol. The first-order valence-corrected chi connectivity index (χ1v) is 10.4. The maximum atomic E-state index is 14.3. The van der Waals surface area contributed by atoms with Crippen LogP contribution in [-0.4, -0.2) is 15.5 Å². The van der Waals surface area contributed by atoms with Gasteiger partial charge in [-0.25, -0.2) is 13.6 Å². The highest BCUT2D eigenvalue weighted by Crippen LogP contribution is 2.39. The average molecular weight is 450 g/mol. The van der Waals surface area contributed by atoms with E-state index in [1.807, 2.05) is 65.4 Å². The number of nitrogens with one attached hydrogen (secondary N) is 1. The Balaban J connectivity index is 1.66. The van der Waals surface area contributed by atoms with Crippen LogP contribution in [0, 0.1) is 11.6 Å². The molecule has 1 atom stereocenters. The fourth-order valence-corrected chi connectivity index (χ4v) is 4.38. The van der Waals surface area contributed by atoms with Gasteiger partial charge < -0.3 is 14.8 Å². The number of anilines is 1. The summed E-state index contributed by atoms with van der Waals surface area (Å²) in [5, 5.41) is 3.05. The molecule has 0 spiro atoms. The number of aromatic nitrogens is 1. The van der Waals surface area contributed by atoms with Gasteiger partial charge in [-0.15, -0.1) is 0 Å². The van der Waals surface area contributed by atoms with Crippen molar-refractivity contribution in [3.8, 4) is 5.69 Å². The topological polar surface area (TPSA) is 37.3 Å². The fourth-order valence-electron chi connectivity index (χ4n) is 4.14. The molecule has 0 saturated carbocycles. The van der Waals surface area contributed by atoms with E-state index in [-0.39, 0.29) is 12.2 Å². The normalized spacial score (nSPS) is 15.0. The number of amides is 2. The first-order valence-electron chi connectivity index (χ1n) is 10.1. The Bertz CT molecular complexity index is 1320. The van der Waals surface area contributed by atoms with E-state index < -0.39 is 23.7 Å². The molecule has 32 heavy (non-hydrogen) atoms. The van der Waals surface area contributed by atoms with Crippen LogP contribution in [-0.2, 0) is 6.54 Å². The van der Waals surface area contributed by atoms with Crippen molar-refractivity contribution in [1.82, 2.24) is 9.47 Å². The van der Waals surface area contributed by atoms with Crippen molar-refractivity contribution in [1.29, 1.82) is 0 Å². The lowest BCUT2D eigenvalue weighted by Gasteiger charge is -2.31. The Kier molecular flexibility index (Phi) is 5.15. The first kappa shape index (κ1) is 20.3. The van der Waals surface area contributed by atoms with E-state index >= 15 is 0 Å². The van der Waals surface area contributed by atoms with E-state index in [1.165, 1.54) is 0 Å². The second kappa shape index (κ2) is 8.13. The highest BCUT2D eigenvalue weighted by atomic mass is 35.5. The molecule has 7 heteroatoms. The zero-order chi connectivity index (χ0) is 22.2. The Hall–Kier alpha value is -3.64. The molecule has 2 amide bonds. The number of para-hydroxylation sites is 1. The van der Waals surface area contributed by atoms with Crippen LogP contribution in [0.3, 0.4) is 0 Å². The molecule has 4 nitrogen and oxygen atoms in total. The molecule has 0 bridgehead atoms. The summed E-state index contributed by atoms with van der Waals surface area (Å²) < 4.78 is 30.0. The molecule has 1 unspecified atom stereocenters. The maximum absolute atomic E-state index is 14.3. The van der Waals surface area contributed by atoms with Crippen LogP contribution >= 0.6 is 11.6 Å². The van der Waals surface area contributed by atoms with Crippen molar-refractivity contribution in [2.24, 2.45) is 0 Å². The molecule has 2 heterocycles. The molecule has 4 aromatic rings. The zero-order valence-corrected chi connectivity index (χ0v) is 17.6. The lowest BCUT2D eigenvalue weighted by molar-refractivity contribution is 0.194. The van der Waals surface area contributed by atoms with Crippen LogP contribution in [0.25, 0.3) is 5.69 Å². The average Bonchev–Trinajstić information content (AvgIpc) is 3.21. The summed E-state index contributed by atoms with van der Waals surface area (Å²) in [7, 11) is 0. The number of hydrogen-bond acceptors (Lipinski definition) is 1. The molecule has 1 N–H and O–H groups in total. The second-order valence-corrected chi connectivity index (χ2v) is 7.95. The third kappa shape index (κ3) is 3.52. The lowest BCUT2D eigenvalue weighted by atomic mass is 10.0. The number of urea groups is 1. The smallest absolute Gasteiger partial charge is 0.318 e. The Labute approximate surface area is 188 Å². The summed E-state index contributed by atoms with van der Waals surface area (Å²) in [5.74, 6) is -1.35. The molecule has 0 radical (unpaired) electrons. The minimum Gasteiger partial charge on any atom is -0.318 e. The fraction of sp³-hybridized carbons (Fsp3) is 0.0800. The number of hydrogen-bond donors (Lipinski definition) is 1. The third-order valence-electron chi connectivity index (χ3n) is 5.59. The molecule has 3 aromatic carbocycles. The Morgan fingerprint density at radius 3 is 2.59 bits per heavy atom. The van der Waals surface area contributed by atoms with E-state index in [0.717, 1.165) is 40.7 Å². The van der Waals surface area contributed by atoms with Crippen molar-refractivity contribution >= 4 is 23.3 Å². The number of carbonyl (C=O) groups excluding carboxylic acids is 1. The SMILES string of the molecule is O=C(Nc1cc(F)ccc1F)N1Cc2ccccc2-n2cccc2C1c1ccccc1Cl. The van der Waals surface area contributed by atoms with E-state index in [9.17, 15) is 13.6 Å². The van der Waals surface area contributed by atoms with Crippen LogP contribution in [0.1, 0.15) is 22.9 Å². The number of carbonyl (C=O) groups is 1. The van der Waals surface area contributed by atoms with Crippen molar-refractivity contribution < 1.29 is 13.6 Å². The van der Waals surface area contributed by atoms with Crippen LogP contribution in [0.15, 0.2) is 85.1 Å². The summed E-state index contributed by atoms with van der Waals surface area (Å²) in [5.41, 5.74) is 3.20. The van der Waals surface area contributed by atoms with Gasteiger partial charge in [0.2, 0.25) is 0 Å². The van der Waals surface area contributed by atoms with Crippen LogP contribution in [0.5, 0.6) is 0 Å². The van der Waals surface area contributed by atoms with Crippen LogP contribution in [0.2, 0.25) is 5.02 Å². The van der Waals surface area contributed by atoms with Gasteiger partial charge in [-0.05, 0) is 47.5 Å². The van der Waals surface area contributed by atoms with Gasteiger partial charge in [0.25, 0.3) is 0 Å². The molecule has 1 aromatic heterocycles. The minimum atomic E-state index is -0.715. The maximum Gasteiger partial charge on any atom is 0.323 e. The second-order valence-electron chi connectivity index (χ2n) is 7.54. The Morgan fingerprint density at radius 2 is 1.75 bits per heavy atom. The number of halogens is 3. The van der Waals surface area contributed by atoms with E-state index in [2.05, 4.69) is 5.32 Å². The van der Waals surface area contributed by atoms with Gasteiger partial charge in [0.05, 0.1) is 23.6 Å². The number of nitrogens with zero attached hydrogens (tertiary/aromatic N) is 2. The van der Waals surface area contributed by atoms with Crippen molar-refractivity contribution in [2.75, 3.05) is 5.32 Å². The Morgan fingerprint density at radius 1 is 0.969 bits per heavy atom. The quantitative estimate of drug-likeness (QED) is 0.370. The molecular formula is C25H18ClF2N3O. The van der Waals surface area contributed by atoms with Gasteiger partial charge in [-0.3, -0.25) is 0 Å². The van der Waals surface area contributed by atoms with Crippen LogP contribution < -0.4 is 5.32 Å². The van der Waals surface area contributed by atoms with Crippen LogP contribution in [0.4, 0.5) is 19.3 Å². The van der Waals surface area contributed by atoms with Gasteiger partial charge in [-0.2, -0.15) is 0 Å². The molecular weight excluding hydrogens is 432 g/mol. The van der Waals surface area contributed by atoms with Crippen molar-refractivity contribution in [3.63, 3.8) is 0 Å². The number of fused-ring (bicyclic) bond motifs is 3. The molecule has 160 valence electrons. The van der Waals surface area contributed by atoms with Gasteiger partial charge in [-0.1, -0.05) is 48.0 Å². The summed E-state index contributed by atoms with van der Waals surface area (Å²) in [6, 6.07) is 20.7. The molecule has 0 aliphatic carbocycles.